The van der Waals surface area contributed by atoms with Crippen molar-refractivity contribution in [3.63, 3.8) is 0 Å². The summed E-state index contributed by atoms with van der Waals surface area (Å²) < 4.78 is 19.1. The minimum absolute atomic E-state index is 0.0766. The Labute approximate surface area is 173 Å². The highest BCUT2D eigenvalue weighted by Crippen LogP contribution is 2.14. The van der Waals surface area contributed by atoms with Crippen LogP contribution in [0.5, 0.6) is 5.75 Å². The van der Waals surface area contributed by atoms with Crippen molar-refractivity contribution in [2.75, 3.05) is 11.9 Å². The van der Waals surface area contributed by atoms with E-state index in [0.717, 1.165) is 11.3 Å². The van der Waals surface area contributed by atoms with Crippen LogP contribution in [0, 0.1) is 5.82 Å². The normalized spacial score (nSPS) is 10.6. The SMILES string of the molecule is CCOc1ccc(C=NNC(=O)c2cccc(NC(=O)c3ccccc3F)c2)cc1. The van der Waals surface area contributed by atoms with E-state index in [9.17, 15) is 14.0 Å². The van der Waals surface area contributed by atoms with Gasteiger partial charge < -0.3 is 10.1 Å². The quantitative estimate of drug-likeness (QED) is 0.456. The van der Waals surface area contributed by atoms with Crippen molar-refractivity contribution in [3.8, 4) is 5.75 Å². The van der Waals surface area contributed by atoms with Gasteiger partial charge in [0.25, 0.3) is 11.8 Å². The summed E-state index contributed by atoms with van der Waals surface area (Å²) in [6.07, 6.45) is 1.51. The maximum atomic E-state index is 13.7. The fourth-order valence-electron chi connectivity index (χ4n) is 2.63. The molecule has 2 N–H and O–H groups in total. The van der Waals surface area contributed by atoms with E-state index < -0.39 is 17.6 Å². The number of anilines is 1. The van der Waals surface area contributed by atoms with Crippen LogP contribution in [0.1, 0.15) is 33.2 Å². The van der Waals surface area contributed by atoms with Gasteiger partial charge in [0.2, 0.25) is 0 Å². The molecule has 0 bridgehead atoms. The molecule has 7 heteroatoms. The molecule has 0 radical (unpaired) electrons. The number of ether oxygens (including phenoxy) is 1. The first kappa shape index (κ1) is 20.7. The Kier molecular flexibility index (Phi) is 6.89. The zero-order valence-electron chi connectivity index (χ0n) is 16.3. The van der Waals surface area contributed by atoms with Gasteiger partial charge >= 0.3 is 0 Å². The summed E-state index contributed by atoms with van der Waals surface area (Å²) in [5.74, 6) is -0.904. The van der Waals surface area contributed by atoms with Crippen LogP contribution in [0.2, 0.25) is 0 Å². The van der Waals surface area contributed by atoms with Crippen molar-refractivity contribution in [1.82, 2.24) is 5.43 Å². The maximum Gasteiger partial charge on any atom is 0.271 e. The van der Waals surface area contributed by atoms with E-state index in [1.807, 2.05) is 31.2 Å². The zero-order valence-corrected chi connectivity index (χ0v) is 16.3. The molecule has 3 rings (SSSR count). The molecule has 0 saturated heterocycles. The molecule has 152 valence electrons. The van der Waals surface area contributed by atoms with Crippen LogP contribution in [0.3, 0.4) is 0 Å². The van der Waals surface area contributed by atoms with Gasteiger partial charge in [0, 0.05) is 11.3 Å². The van der Waals surface area contributed by atoms with Crippen LogP contribution in [-0.2, 0) is 0 Å². The number of hydrazone groups is 1. The van der Waals surface area contributed by atoms with Gasteiger partial charge in [-0.25, -0.2) is 9.82 Å². The zero-order chi connectivity index (χ0) is 21.3. The van der Waals surface area contributed by atoms with E-state index >= 15 is 0 Å². The topological polar surface area (TPSA) is 79.8 Å². The molecule has 0 spiro atoms. The first-order valence-corrected chi connectivity index (χ1v) is 9.29. The molecular formula is C23H20FN3O3. The van der Waals surface area contributed by atoms with Gasteiger partial charge in [0.1, 0.15) is 11.6 Å². The molecule has 3 aromatic rings. The minimum atomic E-state index is -0.618. The molecule has 0 aliphatic carbocycles. The summed E-state index contributed by atoms with van der Waals surface area (Å²) in [4.78, 5) is 24.5. The molecule has 2 amide bonds. The number of benzene rings is 3. The molecule has 0 fully saturated rings. The van der Waals surface area contributed by atoms with E-state index in [1.165, 1.54) is 30.5 Å². The van der Waals surface area contributed by atoms with E-state index in [-0.39, 0.29) is 5.56 Å². The Morgan fingerprint density at radius 2 is 1.77 bits per heavy atom. The van der Waals surface area contributed by atoms with E-state index in [0.29, 0.717) is 17.9 Å². The highest BCUT2D eigenvalue weighted by molar-refractivity contribution is 6.05. The number of hydrogen-bond acceptors (Lipinski definition) is 4. The Morgan fingerprint density at radius 3 is 2.50 bits per heavy atom. The van der Waals surface area contributed by atoms with Crippen molar-refractivity contribution < 1.29 is 18.7 Å². The van der Waals surface area contributed by atoms with Crippen molar-refractivity contribution >= 4 is 23.7 Å². The highest BCUT2D eigenvalue weighted by Gasteiger charge is 2.12. The number of nitrogens with zero attached hydrogens (tertiary/aromatic N) is 1. The predicted octanol–water partition coefficient (Wildman–Crippen LogP) is 4.24. The van der Waals surface area contributed by atoms with Crippen molar-refractivity contribution in [2.45, 2.75) is 6.92 Å². The molecule has 0 aromatic heterocycles. The number of rotatable bonds is 7. The highest BCUT2D eigenvalue weighted by atomic mass is 19.1. The standard InChI is InChI=1S/C23H20FN3O3/c1-2-30-19-12-10-16(11-13-19)15-25-27-22(28)17-6-5-7-18(14-17)26-23(29)20-8-3-4-9-21(20)24/h3-15H,2H2,1H3,(H,26,29)(H,27,28). The fraction of sp³-hybridized carbons (Fsp3) is 0.0870. The molecule has 0 unspecified atom stereocenters. The second kappa shape index (κ2) is 9.97. The molecular weight excluding hydrogens is 385 g/mol. The van der Waals surface area contributed by atoms with Crippen LogP contribution in [0.15, 0.2) is 77.9 Å². The van der Waals surface area contributed by atoms with Gasteiger partial charge in [-0.05, 0) is 67.1 Å². The van der Waals surface area contributed by atoms with E-state index in [2.05, 4.69) is 15.8 Å². The number of nitrogens with one attached hydrogen (secondary N) is 2. The van der Waals surface area contributed by atoms with E-state index in [1.54, 1.807) is 24.3 Å². The minimum Gasteiger partial charge on any atom is -0.494 e. The van der Waals surface area contributed by atoms with Crippen LogP contribution in [0.25, 0.3) is 0 Å². The van der Waals surface area contributed by atoms with Gasteiger partial charge in [-0.2, -0.15) is 5.10 Å². The maximum absolute atomic E-state index is 13.7. The molecule has 0 aliphatic rings. The Bertz CT molecular complexity index is 1070. The van der Waals surface area contributed by atoms with Crippen molar-refractivity contribution in [2.24, 2.45) is 5.10 Å². The number of hydrogen-bond donors (Lipinski definition) is 2. The average molecular weight is 405 g/mol. The lowest BCUT2D eigenvalue weighted by atomic mass is 10.1. The molecule has 3 aromatic carbocycles. The predicted molar refractivity (Wildman–Crippen MR) is 113 cm³/mol. The summed E-state index contributed by atoms with van der Waals surface area (Å²) in [6, 6.07) is 19.2. The summed E-state index contributed by atoms with van der Waals surface area (Å²) >= 11 is 0. The fourth-order valence-corrected chi connectivity index (χ4v) is 2.63. The average Bonchev–Trinajstić information content (AvgIpc) is 2.75. The lowest BCUT2D eigenvalue weighted by molar-refractivity contribution is 0.0953. The van der Waals surface area contributed by atoms with Gasteiger partial charge in [-0.3, -0.25) is 9.59 Å². The molecule has 0 saturated carbocycles. The smallest absolute Gasteiger partial charge is 0.271 e. The van der Waals surface area contributed by atoms with Gasteiger partial charge in [0.15, 0.2) is 0 Å². The van der Waals surface area contributed by atoms with Gasteiger partial charge in [-0.15, -0.1) is 0 Å². The molecule has 0 heterocycles. The number of amides is 2. The number of carbonyl (C=O) groups is 2. The van der Waals surface area contributed by atoms with Gasteiger partial charge in [-0.1, -0.05) is 18.2 Å². The second-order valence-electron chi connectivity index (χ2n) is 6.22. The summed E-state index contributed by atoms with van der Waals surface area (Å²) in [5, 5.41) is 6.52. The number of halogens is 1. The monoisotopic (exact) mass is 405 g/mol. The lowest BCUT2D eigenvalue weighted by Crippen LogP contribution is -2.18. The lowest BCUT2D eigenvalue weighted by Gasteiger charge is -2.07. The molecule has 0 atom stereocenters. The third-order valence-corrected chi connectivity index (χ3v) is 4.07. The van der Waals surface area contributed by atoms with Crippen LogP contribution >= 0.6 is 0 Å². The Morgan fingerprint density at radius 1 is 1.00 bits per heavy atom. The third-order valence-electron chi connectivity index (χ3n) is 4.07. The largest absolute Gasteiger partial charge is 0.494 e. The molecule has 0 aliphatic heterocycles. The van der Waals surface area contributed by atoms with E-state index in [4.69, 9.17) is 4.74 Å². The second-order valence-corrected chi connectivity index (χ2v) is 6.22. The van der Waals surface area contributed by atoms with Crippen molar-refractivity contribution in [1.29, 1.82) is 0 Å². The summed E-state index contributed by atoms with van der Waals surface area (Å²) in [5.41, 5.74) is 3.82. The Balaban J connectivity index is 1.61. The van der Waals surface area contributed by atoms with Crippen LogP contribution < -0.4 is 15.5 Å². The molecule has 6 nitrogen and oxygen atoms in total. The summed E-state index contributed by atoms with van der Waals surface area (Å²) in [7, 11) is 0. The van der Waals surface area contributed by atoms with Gasteiger partial charge in [0.05, 0.1) is 18.4 Å². The van der Waals surface area contributed by atoms with Crippen LogP contribution in [0.4, 0.5) is 10.1 Å². The first-order valence-electron chi connectivity index (χ1n) is 9.29. The first-order chi connectivity index (χ1) is 14.6. The Hall–Kier alpha value is -4.00. The summed E-state index contributed by atoms with van der Waals surface area (Å²) in [6.45, 7) is 2.49. The van der Waals surface area contributed by atoms with Crippen LogP contribution in [-0.4, -0.2) is 24.6 Å². The number of carbonyl (C=O) groups excluding carboxylic acids is 2. The van der Waals surface area contributed by atoms with Crippen molar-refractivity contribution in [3.05, 3.63) is 95.3 Å². The molecule has 30 heavy (non-hydrogen) atoms. The third kappa shape index (κ3) is 5.51.